The lowest BCUT2D eigenvalue weighted by Crippen LogP contribution is -2.49. The highest BCUT2D eigenvalue weighted by molar-refractivity contribution is 5.73. The van der Waals surface area contributed by atoms with Crippen molar-refractivity contribution in [2.24, 2.45) is 0 Å². The maximum absolute atomic E-state index is 13.1. The number of hydrogen-bond donors (Lipinski definition) is 3. The highest BCUT2D eigenvalue weighted by atomic mass is 16.1. The van der Waals surface area contributed by atoms with E-state index in [1.54, 1.807) is 41.9 Å². The van der Waals surface area contributed by atoms with Crippen LogP contribution in [-0.2, 0) is 0 Å². The molecular formula is C94H104N24O4. The summed E-state index contributed by atoms with van der Waals surface area (Å²) in [5.74, 6) is 1.63. The van der Waals surface area contributed by atoms with Gasteiger partial charge >= 0.3 is 0 Å². The molecule has 22 rings (SSSR count). The largest absolute Gasteiger partial charge is 0.368 e. The molecule has 4 aliphatic heterocycles. The standard InChI is InChI=1S/C25H30N6O.C24H26N6O.C23H24N6O.C22H24N6O/c1-5-8-29-9-6-19(7-10-29)20-11-16(2)25-27-21(13-24(32)30(25)15-20)22-12-23-18(4)26-17(3)14-31(23)28-22;1-15-11-28(8-7-25-15)19-5-6-22-27-21(10-23(31)30(22)14-19)18-9-20(17-3-4-17)24-26-16(2)12-29(24)13-18;1-15-12-28-13-17(10-19(16-2-3-16)23(28)25-15)20-11-22(30)29-14-18(4-5-21(29)26-20)27-8-6-24-7-9-27;1-14-10-26(7-6-23-14)18-4-5-21-25-19(9-22(29)28(21)13-18)17-8-20-16(3)24-15(2)11-27(20)12-17/h11-15,19H,5-10H2,1-4H3;5-6,9-10,12-15,17,25H,3-4,7-8,11H2,1-2H3;4-5,10-14,16,24H,2-3,6-9H2,1H3;4-5,8-9,11-14,23H,6-7,10H2,1-3H3/t;15-;;14-/m.1.1/s1. The summed E-state index contributed by atoms with van der Waals surface area (Å²) < 4.78 is 14.7. The second kappa shape index (κ2) is 32.7. The maximum atomic E-state index is 13.1. The number of rotatable bonds is 12. The molecule has 624 valence electrons. The summed E-state index contributed by atoms with van der Waals surface area (Å²) in [5.41, 5.74) is 26.4. The Morgan fingerprint density at radius 1 is 0.377 bits per heavy atom. The van der Waals surface area contributed by atoms with E-state index in [1.807, 2.05) is 156 Å². The van der Waals surface area contributed by atoms with Crippen molar-refractivity contribution >= 4 is 62.0 Å². The third kappa shape index (κ3) is 16.3. The number of fused-ring (bicyclic) bond motifs is 8. The Bertz CT molecular complexity index is 7000. The zero-order valence-electron chi connectivity index (χ0n) is 71.1. The molecule has 20 heterocycles. The average molecular weight is 1630 g/mol. The van der Waals surface area contributed by atoms with E-state index >= 15 is 0 Å². The highest BCUT2D eigenvalue weighted by Gasteiger charge is 2.31. The van der Waals surface area contributed by atoms with Crippen molar-refractivity contribution in [3.8, 4) is 45.2 Å². The Morgan fingerprint density at radius 3 is 1.34 bits per heavy atom. The van der Waals surface area contributed by atoms with Gasteiger partial charge in [0, 0.05) is 180 Å². The number of nitrogens with one attached hydrogen (secondary N) is 3. The number of nitrogens with zero attached hydrogens (tertiary/aromatic N) is 21. The minimum absolute atomic E-state index is 0.0538. The molecule has 2 atom stereocenters. The monoisotopic (exact) mass is 1630 g/mol. The van der Waals surface area contributed by atoms with E-state index < -0.39 is 0 Å². The first-order valence-electron chi connectivity index (χ1n) is 43.2. The number of anilines is 3. The molecule has 28 nitrogen and oxygen atoms in total. The molecule has 2 saturated carbocycles. The summed E-state index contributed by atoms with van der Waals surface area (Å²) in [6.07, 6.45) is 30.1. The smallest absolute Gasteiger partial charge is 0.258 e. The first-order valence-corrected chi connectivity index (χ1v) is 43.2. The van der Waals surface area contributed by atoms with Crippen LogP contribution in [0.3, 0.4) is 0 Å². The second-order valence-electron chi connectivity index (χ2n) is 34.3. The Morgan fingerprint density at radius 2 is 0.828 bits per heavy atom. The van der Waals surface area contributed by atoms with Gasteiger partial charge in [-0.25, -0.2) is 34.4 Å². The first-order chi connectivity index (χ1) is 59.1. The lowest BCUT2D eigenvalue weighted by atomic mass is 9.89. The number of likely N-dealkylation sites (tertiary alicyclic amines) is 1. The van der Waals surface area contributed by atoms with Gasteiger partial charge in [-0.1, -0.05) is 13.0 Å². The molecule has 28 heteroatoms. The van der Waals surface area contributed by atoms with E-state index in [2.05, 4.69) is 117 Å². The average Bonchev–Trinajstić information content (AvgIpc) is 1.55. The number of pyridine rings is 6. The van der Waals surface area contributed by atoms with Gasteiger partial charge in [-0.05, 0) is 228 Å². The third-order valence-electron chi connectivity index (χ3n) is 24.7. The Hall–Kier alpha value is -12.6. The van der Waals surface area contributed by atoms with Gasteiger partial charge in [0.1, 0.15) is 39.6 Å². The lowest BCUT2D eigenvalue weighted by molar-refractivity contribution is 0.212. The van der Waals surface area contributed by atoms with Crippen molar-refractivity contribution in [3.05, 3.63) is 257 Å². The van der Waals surface area contributed by atoms with Crippen molar-refractivity contribution in [2.75, 3.05) is 99.8 Å². The van der Waals surface area contributed by atoms with E-state index in [9.17, 15) is 19.2 Å². The van der Waals surface area contributed by atoms with E-state index in [0.717, 1.165) is 187 Å². The van der Waals surface area contributed by atoms with Crippen molar-refractivity contribution in [1.82, 2.24) is 101 Å². The summed E-state index contributed by atoms with van der Waals surface area (Å²) in [6.45, 7) is 33.4. The molecule has 0 aromatic carbocycles. The van der Waals surface area contributed by atoms with E-state index in [4.69, 9.17) is 29.9 Å². The van der Waals surface area contributed by atoms with E-state index in [0.29, 0.717) is 80.9 Å². The minimum atomic E-state index is -0.0729. The van der Waals surface area contributed by atoms with Gasteiger partial charge in [0.2, 0.25) is 0 Å². The summed E-state index contributed by atoms with van der Waals surface area (Å²) in [7, 11) is 0. The van der Waals surface area contributed by atoms with E-state index in [1.165, 1.54) is 55.3 Å². The van der Waals surface area contributed by atoms with Crippen LogP contribution in [0.4, 0.5) is 17.1 Å². The minimum Gasteiger partial charge on any atom is -0.368 e. The van der Waals surface area contributed by atoms with Crippen LogP contribution in [0.1, 0.15) is 140 Å². The van der Waals surface area contributed by atoms with Crippen LogP contribution in [-0.4, -0.2) is 182 Å². The number of aromatic nitrogens is 17. The number of imidazole rings is 2. The molecular weight excluding hydrogens is 1530 g/mol. The van der Waals surface area contributed by atoms with Crippen LogP contribution in [0.25, 0.3) is 90.1 Å². The van der Waals surface area contributed by atoms with Gasteiger partial charge in [0.15, 0.2) is 0 Å². The van der Waals surface area contributed by atoms with Crippen molar-refractivity contribution < 1.29 is 0 Å². The molecule has 0 unspecified atom stereocenters. The third-order valence-corrected chi connectivity index (χ3v) is 24.7. The van der Waals surface area contributed by atoms with Gasteiger partial charge in [0.05, 0.1) is 91.2 Å². The molecule has 3 N–H and O–H groups in total. The quantitative estimate of drug-likeness (QED) is 0.103. The Kier molecular flexibility index (Phi) is 21.2. The number of hydrogen-bond acceptors (Lipinski definition) is 20. The van der Waals surface area contributed by atoms with Crippen LogP contribution in [0.15, 0.2) is 178 Å². The zero-order valence-corrected chi connectivity index (χ0v) is 71.1. The van der Waals surface area contributed by atoms with Crippen molar-refractivity contribution in [3.63, 3.8) is 0 Å². The van der Waals surface area contributed by atoms with E-state index in [-0.39, 0.29) is 22.2 Å². The Labute approximate surface area is 705 Å². The molecule has 6 aliphatic rings. The van der Waals surface area contributed by atoms with Gasteiger partial charge in [-0.3, -0.25) is 46.7 Å². The number of aryl methyl sites for hydroxylation is 7. The van der Waals surface area contributed by atoms with Gasteiger partial charge < -0.3 is 48.8 Å². The summed E-state index contributed by atoms with van der Waals surface area (Å²) in [4.78, 5) is 99.2. The lowest BCUT2D eigenvalue weighted by Gasteiger charge is -2.33. The second-order valence-corrected chi connectivity index (χ2v) is 34.3. The SMILES string of the molecule is CCCN1CCC(c2cc(C)c3nc(-c4cc5c(C)nc(C)cn5n4)cc(=O)n3c2)CC1.Cc1cn2cc(-c3cc(=O)n4cc(N5CCNCC5)ccc4n3)cc(C3CC3)c2n1.Cc1cn2cc(-c3cc(=O)n4cc(N5CCN[C@H](C)C5)ccc4n3)cc(C3CC3)c2n1.Cc1cn2cc(-c3cc(=O)n4cc(N5CCN[C@H](C)C5)ccc4n3)cc2c(C)n1. The molecule has 4 saturated heterocycles. The molecule has 6 fully saturated rings. The predicted octanol–water partition coefficient (Wildman–Crippen LogP) is 11.9. The van der Waals surface area contributed by atoms with Gasteiger partial charge in [0.25, 0.3) is 22.2 Å². The molecule has 0 spiro atoms. The molecule has 0 amide bonds. The van der Waals surface area contributed by atoms with Crippen LogP contribution >= 0.6 is 0 Å². The van der Waals surface area contributed by atoms with Crippen LogP contribution in [0.2, 0.25) is 0 Å². The molecule has 16 aromatic heterocycles. The highest BCUT2D eigenvalue weighted by Crippen LogP contribution is 2.45. The van der Waals surface area contributed by atoms with Crippen molar-refractivity contribution in [1.29, 1.82) is 0 Å². The summed E-state index contributed by atoms with van der Waals surface area (Å²) >= 11 is 0. The predicted molar refractivity (Wildman–Crippen MR) is 481 cm³/mol. The number of piperidine rings is 1. The molecule has 0 radical (unpaired) electrons. The van der Waals surface area contributed by atoms with Crippen molar-refractivity contribution in [2.45, 2.75) is 144 Å². The normalized spacial score (nSPS) is 17.4. The molecule has 0 bridgehead atoms. The fourth-order valence-electron chi connectivity index (χ4n) is 18.2. The van der Waals surface area contributed by atoms with Crippen LogP contribution in [0.5, 0.6) is 0 Å². The van der Waals surface area contributed by atoms with Gasteiger partial charge in [-0.15, -0.1) is 0 Å². The number of piperazine rings is 3. The van der Waals surface area contributed by atoms with Crippen LogP contribution in [0, 0.1) is 48.5 Å². The molecule has 122 heavy (non-hydrogen) atoms. The summed E-state index contributed by atoms with van der Waals surface area (Å²) in [5, 5.41) is 14.9. The molecule has 16 aromatic rings. The van der Waals surface area contributed by atoms with Crippen LogP contribution < -0.4 is 52.9 Å². The van der Waals surface area contributed by atoms with Gasteiger partial charge in [-0.2, -0.15) is 5.10 Å². The topological polar surface area (TPSA) is 269 Å². The summed E-state index contributed by atoms with van der Waals surface area (Å²) in [6, 6.07) is 29.9. The first kappa shape index (κ1) is 79.2. The Balaban J connectivity index is 0.000000107. The fraction of sp³-hybridized carbons (Fsp3) is 0.372. The fourth-order valence-corrected chi connectivity index (χ4v) is 18.2. The molecule has 2 aliphatic carbocycles. The maximum Gasteiger partial charge on any atom is 0.258 e. The zero-order chi connectivity index (χ0) is 83.9.